The summed E-state index contributed by atoms with van der Waals surface area (Å²) >= 11 is 0. The Hall–Kier alpha value is -3.36. The highest BCUT2D eigenvalue weighted by atomic mass is 19.4. The number of carboxylic acids is 1. The fourth-order valence-electron chi connectivity index (χ4n) is 2.89. The lowest BCUT2D eigenvalue weighted by Gasteiger charge is -2.13. The maximum Gasteiger partial charge on any atom is 0.416 e. The van der Waals surface area contributed by atoms with Crippen LogP contribution in [0.3, 0.4) is 0 Å². The molecule has 0 saturated heterocycles. The molecule has 0 fully saturated rings. The van der Waals surface area contributed by atoms with Crippen LogP contribution in [0, 0.1) is 0 Å². The Morgan fingerprint density at radius 1 is 0.800 bits per heavy atom. The third-order valence-corrected chi connectivity index (χ3v) is 4.36. The van der Waals surface area contributed by atoms with Crippen LogP contribution >= 0.6 is 0 Å². The molecule has 0 aliphatic heterocycles. The minimum Gasteiger partial charge on any atom is -0.481 e. The van der Waals surface area contributed by atoms with Crippen molar-refractivity contribution in [3.8, 4) is 22.4 Å². The molecule has 0 spiro atoms. The average Bonchev–Trinajstić information content (AvgIpc) is 2.66. The molecule has 0 atom stereocenters. The molecular weight excluding hydrogens is 412 g/mol. The van der Waals surface area contributed by atoms with Crippen LogP contribution in [0.15, 0.2) is 60.8 Å². The number of aromatic nitrogens is 1. The summed E-state index contributed by atoms with van der Waals surface area (Å²) in [6, 6.07) is 9.79. The quantitative estimate of drug-likeness (QED) is 0.516. The first-order chi connectivity index (χ1) is 13.9. The van der Waals surface area contributed by atoms with Gasteiger partial charge in [-0.25, -0.2) is 0 Å². The van der Waals surface area contributed by atoms with Gasteiger partial charge in [0.2, 0.25) is 0 Å². The third kappa shape index (κ3) is 4.79. The monoisotopic (exact) mass is 425 g/mol. The van der Waals surface area contributed by atoms with E-state index in [1.807, 2.05) is 0 Å². The van der Waals surface area contributed by atoms with Crippen LogP contribution in [0.2, 0.25) is 0 Å². The zero-order valence-electron chi connectivity index (χ0n) is 15.1. The van der Waals surface area contributed by atoms with E-state index >= 15 is 0 Å². The van der Waals surface area contributed by atoms with Crippen LogP contribution in [-0.2, 0) is 23.6 Å². The predicted molar refractivity (Wildman–Crippen MR) is 96.5 cm³/mol. The van der Waals surface area contributed by atoms with E-state index < -0.39 is 35.9 Å². The first-order valence-corrected chi connectivity index (χ1v) is 8.51. The SMILES string of the molecule is O=C(O)Cc1cc(-c2ccc(C(F)(F)F)cc2)ncc1-c1ccc(C(F)(F)F)cc1. The molecule has 2 aromatic carbocycles. The summed E-state index contributed by atoms with van der Waals surface area (Å²) in [7, 11) is 0. The lowest BCUT2D eigenvalue weighted by Crippen LogP contribution is -2.05. The van der Waals surface area contributed by atoms with E-state index in [4.69, 9.17) is 0 Å². The van der Waals surface area contributed by atoms with Crippen molar-refractivity contribution in [2.45, 2.75) is 18.8 Å². The third-order valence-electron chi connectivity index (χ3n) is 4.36. The van der Waals surface area contributed by atoms with Crippen molar-refractivity contribution < 1.29 is 36.2 Å². The number of halogens is 6. The fraction of sp³-hybridized carbons (Fsp3) is 0.143. The van der Waals surface area contributed by atoms with Crippen molar-refractivity contribution in [2.75, 3.05) is 0 Å². The molecule has 0 bridgehead atoms. The molecule has 0 amide bonds. The Balaban J connectivity index is 2.01. The van der Waals surface area contributed by atoms with Gasteiger partial charge in [-0.2, -0.15) is 26.3 Å². The number of carboxylic acid groups (broad SMARTS) is 1. The minimum atomic E-state index is -4.51. The first kappa shape index (κ1) is 21.4. The van der Waals surface area contributed by atoms with Crippen LogP contribution in [0.5, 0.6) is 0 Å². The van der Waals surface area contributed by atoms with Gasteiger partial charge in [0.1, 0.15) is 0 Å². The van der Waals surface area contributed by atoms with E-state index in [1.165, 1.54) is 36.5 Å². The van der Waals surface area contributed by atoms with Gasteiger partial charge in [0, 0.05) is 17.3 Å². The van der Waals surface area contributed by atoms with Crippen molar-refractivity contribution in [3.63, 3.8) is 0 Å². The molecule has 0 unspecified atom stereocenters. The van der Waals surface area contributed by atoms with Gasteiger partial charge in [-0.05, 0) is 41.5 Å². The van der Waals surface area contributed by atoms with Crippen LogP contribution < -0.4 is 0 Å². The summed E-state index contributed by atoms with van der Waals surface area (Å²) in [4.78, 5) is 15.4. The minimum absolute atomic E-state index is 0.246. The number of alkyl halides is 6. The van der Waals surface area contributed by atoms with E-state index in [-0.39, 0.29) is 11.3 Å². The van der Waals surface area contributed by atoms with Gasteiger partial charge >= 0.3 is 18.3 Å². The van der Waals surface area contributed by atoms with Crippen LogP contribution in [0.25, 0.3) is 22.4 Å². The van der Waals surface area contributed by atoms with Crippen molar-refractivity contribution in [3.05, 3.63) is 77.5 Å². The molecule has 1 N–H and O–H groups in total. The highest BCUT2D eigenvalue weighted by Crippen LogP contribution is 2.34. The zero-order valence-corrected chi connectivity index (χ0v) is 15.1. The van der Waals surface area contributed by atoms with Gasteiger partial charge in [0.25, 0.3) is 0 Å². The van der Waals surface area contributed by atoms with Gasteiger partial charge in [0.05, 0.1) is 23.2 Å². The molecule has 3 aromatic rings. The van der Waals surface area contributed by atoms with Gasteiger partial charge in [-0.1, -0.05) is 24.3 Å². The second kappa shape index (κ2) is 7.81. The van der Waals surface area contributed by atoms with Crippen LogP contribution in [0.4, 0.5) is 26.3 Å². The number of rotatable bonds is 4. The summed E-state index contributed by atoms with van der Waals surface area (Å²) < 4.78 is 76.4. The lowest BCUT2D eigenvalue weighted by molar-refractivity contribution is -0.138. The molecule has 0 saturated carbocycles. The highest BCUT2D eigenvalue weighted by Gasteiger charge is 2.31. The molecule has 3 nitrogen and oxygen atoms in total. The van der Waals surface area contributed by atoms with Gasteiger partial charge in [-0.3, -0.25) is 9.78 Å². The van der Waals surface area contributed by atoms with Crippen molar-refractivity contribution in [1.29, 1.82) is 0 Å². The molecular formula is C21H13F6NO2. The maximum atomic E-state index is 12.8. The summed E-state index contributed by atoms with van der Waals surface area (Å²) in [5.74, 6) is -1.17. The molecule has 9 heteroatoms. The van der Waals surface area contributed by atoms with E-state index in [9.17, 15) is 36.2 Å². The predicted octanol–water partition coefficient (Wildman–Crippen LogP) is 6.08. The molecule has 1 aromatic heterocycles. The summed E-state index contributed by atoms with van der Waals surface area (Å²) in [5.41, 5.74) is -0.164. The number of nitrogens with zero attached hydrogens (tertiary/aromatic N) is 1. The fourth-order valence-corrected chi connectivity index (χ4v) is 2.89. The lowest BCUT2D eigenvalue weighted by atomic mass is 9.96. The largest absolute Gasteiger partial charge is 0.481 e. The molecule has 156 valence electrons. The van der Waals surface area contributed by atoms with E-state index in [0.29, 0.717) is 16.7 Å². The first-order valence-electron chi connectivity index (χ1n) is 8.51. The Bertz CT molecular complexity index is 1050. The number of carbonyl (C=O) groups is 1. The van der Waals surface area contributed by atoms with Crippen molar-refractivity contribution in [1.82, 2.24) is 4.98 Å². The van der Waals surface area contributed by atoms with E-state index in [1.54, 1.807) is 0 Å². The smallest absolute Gasteiger partial charge is 0.416 e. The normalized spacial score (nSPS) is 12.1. The molecule has 0 radical (unpaired) electrons. The van der Waals surface area contributed by atoms with Gasteiger partial charge < -0.3 is 5.11 Å². The highest BCUT2D eigenvalue weighted by molar-refractivity contribution is 5.78. The Morgan fingerprint density at radius 3 is 1.70 bits per heavy atom. The maximum absolute atomic E-state index is 12.8. The van der Waals surface area contributed by atoms with E-state index in [2.05, 4.69) is 4.98 Å². The molecule has 0 aliphatic carbocycles. The average molecular weight is 425 g/mol. The van der Waals surface area contributed by atoms with Crippen molar-refractivity contribution >= 4 is 5.97 Å². The standard InChI is InChI=1S/C21H13F6NO2/c22-20(23,24)15-5-1-12(2-6-15)17-11-28-18(9-14(17)10-19(29)30)13-3-7-16(8-4-13)21(25,26)27/h1-9,11H,10H2,(H,29,30). The van der Waals surface area contributed by atoms with Gasteiger partial charge in [0.15, 0.2) is 0 Å². The number of hydrogen-bond donors (Lipinski definition) is 1. The van der Waals surface area contributed by atoms with Crippen LogP contribution in [-0.4, -0.2) is 16.1 Å². The van der Waals surface area contributed by atoms with Crippen LogP contribution in [0.1, 0.15) is 16.7 Å². The molecule has 0 aliphatic rings. The Labute approximate surface area is 166 Å². The van der Waals surface area contributed by atoms with E-state index in [0.717, 1.165) is 24.3 Å². The summed E-state index contributed by atoms with van der Waals surface area (Å²) in [5, 5.41) is 9.18. The second-order valence-electron chi connectivity index (χ2n) is 6.45. The topological polar surface area (TPSA) is 50.2 Å². The molecule has 30 heavy (non-hydrogen) atoms. The summed E-state index contributed by atoms with van der Waals surface area (Å²) in [6.45, 7) is 0. The number of pyridine rings is 1. The zero-order chi connectivity index (χ0) is 22.1. The summed E-state index contributed by atoms with van der Waals surface area (Å²) in [6.07, 6.45) is -8.14. The molecule has 3 rings (SSSR count). The number of hydrogen-bond acceptors (Lipinski definition) is 2. The Kier molecular flexibility index (Phi) is 5.56. The Morgan fingerprint density at radius 2 is 1.27 bits per heavy atom. The molecule has 1 heterocycles. The second-order valence-corrected chi connectivity index (χ2v) is 6.45. The van der Waals surface area contributed by atoms with Gasteiger partial charge in [-0.15, -0.1) is 0 Å². The number of benzene rings is 2. The van der Waals surface area contributed by atoms with Crippen molar-refractivity contribution in [2.24, 2.45) is 0 Å². The number of aliphatic carboxylic acids is 1.